The number of para-hydroxylation sites is 1. The summed E-state index contributed by atoms with van der Waals surface area (Å²) in [4.78, 5) is 11.4. The summed E-state index contributed by atoms with van der Waals surface area (Å²) in [6, 6.07) is 16.5. The Bertz CT molecular complexity index is 584. The number of carboxylic acid groups (broad SMARTS) is 1. The second kappa shape index (κ2) is 7.70. The Morgan fingerprint density at radius 2 is 1.90 bits per heavy atom. The highest BCUT2D eigenvalue weighted by Crippen LogP contribution is 2.24. The van der Waals surface area contributed by atoms with Gasteiger partial charge in [0, 0.05) is 5.02 Å². The molecule has 0 fully saturated rings. The number of carbonyl (C=O) groups is 1. The van der Waals surface area contributed by atoms with Crippen LogP contribution in [0, 0.1) is 0 Å². The van der Waals surface area contributed by atoms with Crippen molar-refractivity contribution in [2.75, 3.05) is 6.61 Å². The van der Waals surface area contributed by atoms with Crippen LogP contribution in [-0.2, 0) is 4.79 Å². The zero-order valence-corrected chi connectivity index (χ0v) is 12.3. The molecule has 1 N–H and O–H groups in total. The molecule has 110 valence electrons. The van der Waals surface area contributed by atoms with Gasteiger partial charge in [-0.15, -0.1) is 0 Å². The van der Waals surface area contributed by atoms with Crippen LogP contribution in [0.3, 0.4) is 0 Å². The predicted octanol–water partition coefficient (Wildman–Crippen LogP) is 4.37. The van der Waals surface area contributed by atoms with Gasteiger partial charge in [0.05, 0.1) is 12.5 Å². The maximum Gasteiger partial charge on any atom is 0.310 e. The molecule has 0 aliphatic rings. The maximum absolute atomic E-state index is 11.4. The molecule has 4 heteroatoms. The van der Waals surface area contributed by atoms with Crippen LogP contribution >= 0.6 is 11.6 Å². The van der Waals surface area contributed by atoms with Crippen LogP contribution in [0.15, 0.2) is 54.6 Å². The first-order valence-corrected chi connectivity index (χ1v) is 7.21. The molecule has 0 amide bonds. The van der Waals surface area contributed by atoms with Crippen LogP contribution in [-0.4, -0.2) is 17.7 Å². The molecule has 2 rings (SSSR count). The van der Waals surface area contributed by atoms with Crippen molar-refractivity contribution in [2.24, 2.45) is 0 Å². The van der Waals surface area contributed by atoms with E-state index in [-0.39, 0.29) is 0 Å². The molecule has 3 nitrogen and oxygen atoms in total. The van der Waals surface area contributed by atoms with Gasteiger partial charge in [0.2, 0.25) is 0 Å². The number of carboxylic acids is 1. The van der Waals surface area contributed by atoms with Gasteiger partial charge in [0.25, 0.3) is 0 Å². The Hall–Kier alpha value is -2.00. The molecule has 0 aromatic heterocycles. The van der Waals surface area contributed by atoms with Crippen molar-refractivity contribution in [3.63, 3.8) is 0 Å². The topological polar surface area (TPSA) is 46.5 Å². The van der Waals surface area contributed by atoms with Crippen LogP contribution < -0.4 is 4.74 Å². The first kappa shape index (κ1) is 15.4. The highest BCUT2D eigenvalue weighted by atomic mass is 35.5. The molecule has 0 aliphatic carbocycles. The predicted molar refractivity (Wildman–Crippen MR) is 83.0 cm³/mol. The monoisotopic (exact) mass is 304 g/mol. The van der Waals surface area contributed by atoms with Crippen LogP contribution in [0.5, 0.6) is 5.75 Å². The normalized spacial score (nSPS) is 11.9. The van der Waals surface area contributed by atoms with E-state index in [1.165, 1.54) is 0 Å². The van der Waals surface area contributed by atoms with Crippen LogP contribution in [0.25, 0.3) is 0 Å². The second-order valence-electron chi connectivity index (χ2n) is 4.75. The number of hydrogen-bond donors (Lipinski definition) is 1. The van der Waals surface area contributed by atoms with E-state index in [9.17, 15) is 9.90 Å². The number of rotatable bonds is 7. The molecule has 1 atom stereocenters. The molecule has 0 aliphatic heterocycles. The van der Waals surface area contributed by atoms with Gasteiger partial charge in [0.1, 0.15) is 5.75 Å². The van der Waals surface area contributed by atoms with Gasteiger partial charge in [-0.1, -0.05) is 41.9 Å². The number of aliphatic carboxylic acids is 1. The Labute approximate surface area is 129 Å². The molecule has 1 unspecified atom stereocenters. The largest absolute Gasteiger partial charge is 0.494 e. The van der Waals surface area contributed by atoms with Gasteiger partial charge in [-0.3, -0.25) is 4.79 Å². The highest BCUT2D eigenvalue weighted by Gasteiger charge is 2.19. The lowest BCUT2D eigenvalue weighted by Crippen LogP contribution is -2.13. The first-order valence-electron chi connectivity index (χ1n) is 6.83. The van der Waals surface area contributed by atoms with Crippen molar-refractivity contribution in [2.45, 2.75) is 18.8 Å². The first-order chi connectivity index (χ1) is 10.2. The van der Waals surface area contributed by atoms with Crippen molar-refractivity contribution in [1.82, 2.24) is 0 Å². The fourth-order valence-electron chi connectivity index (χ4n) is 2.15. The zero-order valence-electron chi connectivity index (χ0n) is 11.5. The summed E-state index contributed by atoms with van der Waals surface area (Å²) in [6.07, 6.45) is 1.18. The SMILES string of the molecule is O=C(O)C(CCCOc1ccccc1)c1cccc(Cl)c1. The smallest absolute Gasteiger partial charge is 0.310 e. The number of halogens is 1. The van der Waals surface area contributed by atoms with Crippen molar-refractivity contribution in [3.05, 3.63) is 65.2 Å². The molecule has 0 spiro atoms. The minimum absolute atomic E-state index is 0.494. The Morgan fingerprint density at radius 3 is 2.57 bits per heavy atom. The third-order valence-corrected chi connectivity index (χ3v) is 3.43. The number of benzene rings is 2. The summed E-state index contributed by atoms with van der Waals surface area (Å²) in [7, 11) is 0. The van der Waals surface area contributed by atoms with E-state index in [4.69, 9.17) is 16.3 Å². The van der Waals surface area contributed by atoms with E-state index in [2.05, 4.69) is 0 Å². The average Bonchev–Trinajstić information content (AvgIpc) is 2.48. The Kier molecular flexibility index (Phi) is 5.64. The van der Waals surface area contributed by atoms with Gasteiger partial charge in [-0.2, -0.15) is 0 Å². The minimum atomic E-state index is -0.836. The molecule has 2 aromatic carbocycles. The van der Waals surface area contributed by atoms with E-state index < -0.39 is 11.9 Å². The molecule has 0 saturated carbocycles. The molecule has 2 aromatic rings. The van der Waals surface area contributed by atoms with Crippen LogP contribution in [0.4, 0.5) is 0 Å². The van der Waals surface area contributed by atoms with Gasteiger partial charge >= 0.3 is 5.97 Å². The van der Waals surface area contributed by atoms with Crippen molar-refractivity contribution >= 4 is 17.6 Å². The standard InChI is InChI=1S/C17H17ClO3/c18-14-7-4-6-13(12-14)16(17(19)20)10-5-11-21-15-8-2-1-3-9-15/h1-4,6-9,12,16H,5,10-11H2,(H,19,20). The second-order valence-corrected chi connectivity index (χ2v) is 5.19. The fraction of sp³-hybridized carbons (Fsp3) is 0.235. The van der Waals surface area contributed by atoms with Crippen molar-refractivity contribution in [1.29, 1.82) is 0 Å². The molecule has 0 saturated heterocycles. The van der Waals surface area contributed by atoms with Crippen LogP contribution in [0.1, 0.15) is 24.3 Å². The van der Waals surface area contributed by atoms with Gasteiger partial charge < -0.3 is 9.84 Å². The molecule has 0 bridgehead atoms. The molecule has 0 heterocycles. The lowest BCUT2D eigenvalue weighted by atomic mass is 9.94. The fourth-order valence-corrected chi connectivity index (χ4v) is 2.35. The van der Waals surface area contributed by atoms with E-state index >= 15 is 0 Å². The third-order valence-electron chi connectivity index (χ3n) is 3.20. The summed E-state index contributed by atoms with van der Waals surface area (Å²) in [5, 5.41) is 9.90. The quantitative estimate of drug-likeness (QED) is 0.773. The molecular formula is C17H17ClO3. The summed E-state index contributed by atoms with van der Waals surface area (Å²) in [5.41, 5.74) is 0.731. The van der Waals surface area contributed by atoms with E-state index in [1.54, 1.807) is 24.3 Å². The third kappa shape index (κ3) is 4.80. The lowest BCUT2D eigenvalue weighted by molar-refractivity contribution is -0.139. The van der Waals surface area contributed by atoms with E-state index in [0.29, 0.717) is 24.5 Å². The maximum atomic E-state index is 11.4. The lowest BCUT2D eigenvalue weighted by Gasteiger charge is -2.13. The molecule has 21 heavy (non-hydrogen) atoms. The summed E-state index contributed by atoms with van der Waals surface area (Å²) >= 11 is 5.92. The van der Waals surface area contributed by atoms with Gasteiger partial charge in [-0.25, -0.2) is 0 Å². The summed E-state index contributed by atoms with van der Waals surface area (Å²) < 4.78 is 5.58. The summed E-state index contributed by atoms with van der Waals surface area (Å²) in [5.74, 6) is -0.591. The van der Waals surface area contributed by atoms with Gasteiger partial charge in [0.15, 0.2) is 0 Å². The van der Waals surface area contributed by atoms with E-state index in [1.807, 2.05) is 30.3 Å². The number of hydrogen-bond acceptors (Lipinski definition) is 2. The number of ether oxygens (including phenoxy) is 1. The van der Waals surface area contributed by atoms with Crippen LogP contribution in [0.2, 0.25) is 5.02 Å². The Balaban J connectivity index is 1.88. The highest BCUT2D eigenvalue weighted by molar-refractivity contribution is 6.30. The minimum Gasteiger partial charge on any atom is -0.494 e. The molecule has 0 radical (unpaired) electrons. The zero-order chi connectivity index (χ0) is 15.1. The average molecular weight is 305 g/mol. The Morgan fingerprint density at radius 1 is 1.14 bits per heavy atom. The van der Waals surface area contributed by atoms with Crippen molar-refractivity contribution in [3.8, 4) is 5.75 Å². The van der Waals surface area contributed by atoms with Gasteiger partial charge in [-0.05, 0) is 42.7 Å². The van der Waals surface area contributed by atoms with E-state index in [0.717, 1.165) is 11.3 Å². The summed E-state index contributed by atoms with van der Waals surface area (Å²) in [6.45, 7) is 0.494. The van der Waals surface area contributed by atoms with Crippen molar-refractivity contribution < 1.29 is 14.6 Å². The molecular weight excluding hydrogens is 288 g/mol.